The van der Waals surface area contributed by atoms with Crippen molar-refractivity contribution in [1.82, 2.24) is 20.2 Å². The van der Waals surface area contributed by atoms with E-state index in [2.05, 4.69) is 39.0 Å². The van der Waals surface area contributed by atoms with Crippen molar-refractivity contribution in [1.29, 1.82) is 0 Å². The molecule has 0 bridgehead atoms. The highest BCUT2D eigenvalue weighted by atomic mass is 127. The van der Waals surface area contributed by atoms with E-state index in [4.69, 9.17) is 0 Å². The second-order valence-corrected chi connectivity index (χ2v) is 6.48. The third-order valence-electron chi connectivity index (χ3n) is 4.62. The first-order valence-electron chi connectivity index (χ1n) is 8.64. The first kappa shape index (κ1) is 20.3. The Hall–Kier alpha value is -0.790. The van der Waals surface area contributed by atoms with E-state index in [1.165, 1.54) is 25.7 Å². The molecule has 1 aliphatic carbocycles. The molecule has 0 amide bonds. The second kappa shape index (κ2) is 10.9. The molecule has 1 fully saturated rings. The van der Waals surface area contributed by atoms with E-state index in [1.807, 2.05) is 19.4 Å². The van der Waals surface area contributed by atoms with Crippen LogP contribution >= 0.6 is 24.0 Å². The summed E-state index contributed by atoms with van der Waals surface area (Å²) in [4.78, 5) is 8.59. The van der Waals surface area contributed by atoms with Gasteiger partial charge < -0.3 is 15.2 Å². The molecule has 2 rings (SSSR count). The fourth-order valence-corrected chi connectivity index (χ4v) is 3.05. The molecule has 0 atom stereocenters. The number of rotatable bonds is 6. The summed E-state index contributed by atoms with van der Waals surface area (Å²) in [6.45, 7) is 6.41. The van der Waals surface area contributed by atoms with Crippen molar-refractivity contribution < 1.29 is 0 Å². The normalized spacial score (nSPS) is 21.6. The maximum Gasteiger partial charge on any atom is 0.191 e. The molecule has 0 saturated heterocycles. The highest BCUT2D eigenvalue weighted by Crippen LogP contribution is 2.23. The van der Waals surface area contributed by atoms with E-state index in [0.29, 0.717) is 6.04 Å². The number of hydrogen-bond acceptors (Lipinski definition) is 2. The van der Waals surface area contributed by atoms with Gasteiger partial charge in [-0.05, 0) is 51.4 Å². The molecule has 0 aromatic carbocycles. The van der Waals surface area contributed by atoms with Gasteiger partial charge in [0.15, 0.2) is 5.96 Å². The summed E-state index contributed by atoms with van der Waals surface area (Å²) in [6.07, 6.45) is 11.4. The van der Waals surface area contributed by atoms with Gasteiger partial charge in [0.1, 0.15) is 5.82 Å². The molecule has 1 saturated carbocycles. The summed E-state index contributed by atoms with van der Waals surface area (Å²) in [5.74, 6) is 2.94. The molecule has 0 aliphatic heterocycles. The summed E-state index contributed by atoms with van der Waals surface area (Å²) >= 11 is 0. The van der Waals surface area contributed by atoms with Crippen molar-refractivity contribution in [3.05, 3.63) is 18.2 Å². The monoisotopic (exact) mass is 433 g/mol. The summed E-state index contributed by atoms with van der Waals surface area (Å²) in [6, 6.07) is 0.594. The molecule has 23 heavy (non-hydrogen) atoms. The van der Waals surface area contributed by atoms with Crippen molar-refractivity contribution in [2.45, 2.75) is 65.0 Å². The Morgan fingerprint density at radius 3 is 2.65 bits per heavy atom. The van der Waals surface area contributed by atoms with Gasteiger partial charge in [-0.25, -0.2) is 4.98 Å². The lowest BCUT2D eigenvalue weighted by Gasteiger charge is -2.28. The van der Waals surface area contributed by atoms with Crippen LogP contribution in [0.5, 0.6) is 0 Å². The van der Waals surface area contributed by atoms with E-state index in [1.54, 1.807) is 0 Å². The molecule has 1 heterocycles. The summed E-state index contributed by atoms with van der Waals surface area (Å²) < 4.78 is 2.20. The van der Waals surface area contributed by atoms with Gasteiger partial charge in [-0.3, -0.25) is 4.99 Å². The van der Waals surface area contributed by atoms with Crippen LogP contribution in [0.1, 0.15) is 51.3 Å². The van der Waals surface area contributed by atoms with Gasteiger partial charge in [0, 0.05) is 38.6 Å². The third-order valence-corrected chi connectivity index (χ3v) is 4.62. The number of halogens is 1. The van der Waals surface area contributed by atoms with Crippen LogP contribution in [0.4, 0.5) is 0 Å². The van der Waals surface area contributed by atoms with E-state index >= 15 is 0 Å². The number of aromatic nitrogens is 2. The Labute approximate surface area is 157 Å². The van der Waals surface area contributed by atoms with Crippen molar-refractivity contribution in [2.24, 2.45) is 10.9 Å². The molecule has 1 aliphatic rings. The molecule has 6 heteroatoms. The van der Waals surface area contributed by atoms with Gasteiger partial charge in [-0.1, -0.05) is 6.92 Å². The molecule has 1 aromatic rings. The van der Waals surface area contributed by atoms with Gasteiger partial charge in [-0.2, -0.15) is 0 Å². The molecule has 0 spiro atoms. The van der Waals surface area contributed by atoms with Gasteiger partial charge in [0.05, 0.1) is 0 Å². The van der Waals surface area contributed by atoms with E-state index < -0.39 is 0 Å². The Morgan fingerprint density at radius 2 is 2.04 bits per heavy atom. The van der Waals surface area contributed by atoms with Crippen LogP contribution in [0.3, 0.4) is 0 Å². The lowest BCUT2D eigenvalue weighted by Crippen LogP contribution is -2.45. The quantitative estimate of drug-likeness (QED) is 0.313. The fourth-order valence-electron chi connectivity index (χ4n) is 3.05. The number of aliphatic imine (C=N–C) groups is 1. The first-order chi connectivity index (χ1) is 10.7. The molecule has 132 valence electrons. The number of nitrogens with zero attached hydrogens (tertiary/aromatic N) is 3. The highest BCUT2D eigenvalue weighted by Gasteiger charge is 2.18. The fraction of sp³-hybridized carbons (Fsp3) is 0.765. The number of hydrogen-bond donors (Lipinski definition) is 2. The predicted octanol–water partition coefficient (Wildman–Crippen LogP) is 3.33. The maximum absolute atomic E-state index is 4.34. The number of unbranched alkanes of at least 4 members (excludes halogenated alkanes) is 1. The van der Waals surface area contributed by atoms with Gasteiger partial charge in [0.25, 0.3) is 0 Å². The van der Waals surface area contributed by atoms with E-state index in [9.17, 15) is 0 Å². The van der Waals surface area contributed by atoms with Gasteiger partial charge in [0.2, 0.25) is 0 Å². The Kier molecular flexibility index (Phi) is 9.59. The second-order valence-electron chi connectivity index (χ2n) is 6.48. The molecule has 5 nitrogen and oxygen atoms in total. The standard InChI is InChI=1S/C17H31N5.HI/c1-14-6-8-16(9-7-14)21-17(18-3)20-10-4-5-12-22-13-11-19-15(22)2;/h11,13-14,16H,4-10,12H2,1-3H3,(H2,18,20,21);1H. The molecule has 0 unspecified atom stereocenters. The van der Waals surface area contributed by atoms with Gasteiger partial charge >= 0.3 is 0 Å². The Balaban J connectivity index is 0.00000264. The van der Waals surface area contributed by atoms with Crippen molar-refractivity contribution in [2.75, 3.05) is 13.6 Å². The zero-order chi connectivity index (χ0) is 15.8. The smallest absolute Gasteiger partial charge is 0.191 e. The Morgan fingerprint density at radius 1 is 1.30 bits per heavy atom. The van der Waals surface area contributed by atoms with E-state index in [-0.39, 0.29) is 24.0 Å². The topological polar surface area (TPSA) is 54.2 Å². The largest absolute Gasteiger partial charge is 0.356 e. The third kappa shape index (κ3) is 7.10. The van der Waals surface area contributed by atoms with Crippen LogP contribution in [0, 0.1) is 12.8 Å². The molecule has 1 aromatic heterocycles. The highest BCUT2D eigenvalue weighted by molar-refractivity contribution is 14.0. The van der Waals surface area contributed by atoms with Crippen molar-refractivity contribution >= 4 is 29.9 Å². The number of aryl methyl sites for hydroxylation is 2. The average Bonchev–Trinajstić information content (AvgIpc) is 2.93. The van der Waals surface area contributed by atoms with E-state index in [0.717, 1.165) is 43.6 Å². The van der Waals surface area contributed by atoms with Crippen molar-refractivity contribution in [3.8, 4) is 0 Å². The number of imidazole rings is 1. The lowest BCUT2D eigenvalue weighted by molar-refractivity contribution is 0.329. The van der Waals surface area contributed by atoms with Crippen LogP contribution in [-0.2, 0) is 6.54 Å². The maximum atomic E-state index is 4.34. The molecule has 0 radical (unpaired) electrons. The van der Waals surface area contributed by atoms with Gasteiger partial charge in [-0.15, -0.1) is 24.0 Å². The SMILES string of the molecule is CN=C(NCCCCn1ccnc1C)NC1CCC(C)CC1.I. The minimum Gasteiger partial charge on any atom is -0.356 e. The minimum absolute atomic E-state index is 0. The van der Waals surface area contributed by atoms with Crippen LogP contribution in [0.15, 0.2) is 17.4 Å². The number of guanidine groups is 1. The van der Waals surface area contributed by atoms with Crippen LogP contribution in [0.25, 0.3) is 0 Å². The van der Waals surface area contributed by atoms with Crippen LogP contribution < -0.4 is 10.6 Å². The molecular weight excluding hydrogens is 401 g/mol. The molecule has 2 N–H and O–H groups in total. The predicted molar refractivity (Wildman–Crippen MR) is 108 cm³/mol. The Bertz CT molecular complexity index is 463. The average molecular weight is 433 g/mol. The minimum atomic E-state index is 0. The van der Waals surface area contributed by atoms with Crippen LogP contribution in [0.2, 0.25) is 0 Å². The lowest BCUT2D eigenvalue weighted by atomic mass is 9.87. The zero-order valence-corrected chi connectivity index (χ0v) is 17.0. The zero-order valence-electron chi connectivity index (χ0n) is 14.7. The first-order valence-corrected chi connectivity index (χ1v) is 8.64. The van der Waals surface area contributed by atoms with Crippen LogP contribution in [-0.4, -0.2) is 35.1 Å². The summed E-state index contributed by atoms with van der Waals surface area (Å²) in [5, 5.41) is 7.00. The summed E-state index contributed by atoms with van der Waals surface area (Å²) in [7, 11) is 1.86. The van der Waals surface area contributed by atoms with Crippen molar-refractivity contribution in [3.63, 3.8) is 0 Å². The number of nitrogens with one attached hydrogen (secondary N) is 2. The molecular formula is C17H32IN5. The summed E-state index contributed by atoms with van der Waals surface area (Å²) in [5.41, 5.74) is 0.